The molecule has 0 saturated carbocycles. The van der Waals surface area contributed by atoms with Crippen LogP contribution in [-0.2, 0) is 16.4 Å². The summed E-state index contributed by atoms with van der Waals surface area (Å²) in [4.78, 5) is 12.0. The SMILES string of the molecule is CCOc1ccc(NC(=O)c2ccc(F)c(S(=O)(=O)NCCc3ccccc3)c2)cc1. The molecule has 0 heterocycles. The summed E-state index contributed by atoms with van der Waals surface area (Å²) in [5.74, 6) is -0.813. The van der Waals surface area contributed by atoms with E-state index in [1.54, 1.807) is 24.3 Å². The summed E-state index contributed by atoms with van der Waals surface area (Å²) in [7, 11) is -4.12. The van der Waals surface area contributed by atoms with E-state index >= 15 is 0 Å². The number of hydrogen-bond acceptors (Lipinski definition) is 4. The lowest BCUT2D eigenvalue weighted by Gasteiger charge is -2.11. The predicted molar refractivity (Wildman–Crippen MR) is 117 cm³/mol. The molecule has 0 atom stereocenters. The highest BCUT2D eigenvalue weighted by Gasteiger charge is 2.21. The van der Waals surface area contributed by atoms with Crippen molar-refractivity contribution in [1.82, 2.24) is 4.72 Å². The van der Waals surface area contributed by atoms with E-state index in [0.29, 0.717) is 24.5 Å². The van der Waals surface area contributed by atoms with E-state index in [1.165, 1.54) is 6.07 Å². The number of anilines is 1. The first-order valence-corrected chi connectivity index (χ1v) is 11.2. The molecule has 1 amide bonds. The molecule has 3 aromatic carbocycles. The minimum Gasteiger partial charge on any atom is -0.494 e. The Bertz CT molecular complexity index is 1130. The predicted octanol–water partition coefficient (Wildman–Crippen LogP) is 4.00. The standard InChI is InChI=1S/C23H23FN2O4S/c1-2-30-20-11-9-19(10-12-20)26-23(27)18-8-13-21(24)22(16-18)31(28,29)25-15-14-17-6-4-3-5-7-17/h3-13,16,25H,2,14-15H2,1H3,(H,26,27). The molecule has 31 heavy (non-hydrogen) atoms. The second kappa shape index (κ2) is 10.2. The van der Waals surface area contributed by atoms with E-state index in [2.05, 4.69) is 10.0 Å². The monoisotopic (exact) mass is 442 g/mol. The van der Waals surface area contributed by atoms with Crippen molar-refractivity contribution in [3.8, 4) is 5.75 Å². The molecule has 162 valence electrons. The Labute approximate surface area is 181 Å². The van der Waals surface area contributed by atoms with Gasteiger partial charge in [-0.1, -0.05) is 30.3 Å². The molecule has 0 spiro atoms. The Hall–Kier alpha value is -3.23. The molecule has 8 heteroatoms. The lowest BCUT2D eigenvalue weighted by atomic mass is 10.2. The lowest BCUT2D eigenvalue weighted by Crippen LogP contribution is -2.27. The lowest BCUT2D eigenvalue weighted by molar-refractivity contribution is 0.102. The van der Waals surface area contributed by atoms with E-state index in [4.69, 9.17) is 4.74 Å². The average Bonchev–Trinajstić information content (AvgIpc) is 2.76. The van der Waals surface area contributed by atoms with Crippen molar-refractivity contribution < 1.29 is 22.3 Å². The van der Waals surface area contributed by atoms with Gasteiger partial charge in [-0.05, 0) is 61.4 Å². The third-order valence-electron chi connectivity index (χ3n) is 4.45. The van der Waals surface area contributed by atoms with Crippen molar-refractivity contribution in [1.29, 1.82) is 0 Å². The normalized spacial score (nSPS) is 11.2. The Morgan fingerprint density at radius 2 is 1.71 bits per heavy atom. The fraction of sp³-hybridized carbons (Fsp3) is 0.174. The molecule has 6 nitrogen and oxygen atoms in total. The third-order valence-corrected chi connectivity index (χ3v) is 5.93. The van der Waals surface area contributed by atoms with E-state index in [9.17, 15) is 17.6 Å². The van der Waals surface area contributed by atoms with E-state index in [-0.39, 0.29) is 12.1 Å². The molecular weight excluding hydrogens is 419 g/mol. The Kier molecular flexibility index (Phi) is 7.38. The van der Waals surface area contributed by atoms with Gasteiger partial charge in [0.2, 0.25) is 10.0 Å². The van der Waals surface area contributed by atoms with Gasteiger partial charge in [-0.3, -0.25) is 4.79 Å². The van der Waals surface area contributed by atoms with Crippen molar-refractivity contribution in [2.24, 2.45) is 0 Å². The summed E-state index contributed by atoms with van der Waals surface area (Å²) in [5.41, 5.74) is 1.48. The number of nitrogens with one attached hydrogen (secondary N) is 2. The molecule has 0 unspecified atom stereocenters. The molecule has 0 fully saturated rings. The van der Waals surface area contributed by atoms with Crippen LogP contribution in [0.25, 0.3) is 0 Å². The number of benzene rings is 3. The van der Waals surface area contributed by atoms with Crippen molar-refractivity contribution >= 4 is 21.6 Å². The van der Waals surface area contributed by atoms with Crippen LogP contribution in [-0.4, -0.2) is 27.5 Å². The first-order chi connectivity index (χ1) is 14.9. The first kappa shape index (κ1) is 22.5. The number of hydrogen-bond donors (Lipinski definition) is 2. The van der Waals surface area contributed by atoms with Crippen molar-refractivity contribution in [2.75, 3.05) is 18.5 Å². The maximum atomic E-state index is 14.3. The van der Waals surface area contributed by atoms with Gasteiger partial charge in [-0.15, -0.1) is 0 Å². The highest BCUT2D eigenvalue weighted by atomic mass is 32.2. The van der Waals surface area contributed by atoms with Gasteiger partial charge in [0, 0.05) is 17.8 Å². The highest BCUT2D eigenvalue weighted by molar-refractivity contribution is 7.89. The summed E-state index contributed by atoms with van der Waals surface area (Å²) in [5, 5.41) is 2.66. The molecule has 2 N–H and O–H groups in total. The molecular formula is C23H23FN2O4S. The minimum atomic E-state index is -4.12. The number of halogens is 1. The van der Waals surface area contributed by atoms with Crippen LogP contribution in [0.15, 0.2) is 77.7 Å². The number of carbonyl (C=O) groups is 1. The summed E-state index contributed by atoms with van der Waals surface area (Å²) in [6.45, 7) is 2.50. The third kappa shape index (κ3) is 6.13. The van der Waals surface area contributed by atoms with Gasteiger partial charge in [-0.2, -0.15) is 0 Å². The van der Waals surface area contributed by atoms with Crippen LogP contribution >= 0.6 is 0 Å². The Morgan fingerprint density at radius 3 is 2.39 bits per heavy atom. The van der Waals surface area contributed by atoms with E-state index in [0.717, 1.165) is 17.7 Å². The molecule has 0 aromatic heterocycles. The molecule has 0 aliphatic heterocycles. The fourth-order valence-electron chi connectivity index (χ4n) is 2.91. The van der Waals surface area contributed by atoms with Gasteiger partial charge in [0.1, 0.15) is 16.5 Å². The quantitative estimate of drug-likeness (QED) is 0.525. The number of ether oxygens (including phenoxy) is 1. The minimum absolute atomic E-state index is 0.0266. The van der Waals surface area contributed by atoms with Gasteiger partial charge in [-0.25, -0.2) is 17.5 Å². The molecule has 0 saturated heterocycles. The number of sulfonamides is 1. The van der Waals surface area contributed by atoms with Crippen LogP contribution in [0.2, 0.25) is 0 Å². The largest absolute Gasteiger partial charge is 0.494 e. The Morgan fingerprint density at radius 1 is 1.00 bits per heavy atom. The van der Waals surface area contributed by atoms with Crippen molar-refractivity contribution in [3.63, 3.8) is 0 Å². The maximum absolute atomic E-state index is 14.3. The molecule has 3 rings (SSSR count). The van der Waals surface area contributed by atoms with Gasteiger partial charge >= 0.3 is 0 Å². The van der Waals surface area contributed by atoms with Crippen LogP contribution in [0.5, 0.6) is 5.75 Å². The molecule has 0 aliphatic rings. The molecule has 0 bridgehead atoms. The summed E-state index contributed by atoms with van der Waals surface area (Å²) < 4.78 is 47.1. The highest BCUT2D eigenvalue weighted by Crippen LogP contribution is 2.19. The number of amides is 1. The summed E-state index contributed by atoms with van der Waals surface area (Å²) >= 11 is 0. The van der Waals surface area contributed by atoms with Crippen LogP contribution in [0, 0.1) is 5.82 Å². The number of rotatable bonds is 9. The van der Waals surface area contributed by atoms with Crippen LogP contribution in [0.1, 0.15) is 22.8 Å². The second-order valence-corrected chi connectivity index (χ2v) is 8.43. The smallest absolute Gasteiger partial charge is 0.255 e. The van der Waals surface area contributed by atoms with E-state index < -0.39 is 26.6 Å². The fourth-order valence-corrected chi connectivity index (χ4v) is 4.04. The zero-order valence-electron chi connectivity index (χ0n) is 17.0. The second-order valence-electron chi connectivity index (χ2n) is 6.69. The van der Waals surface area contributed by atoms with Crippen LogP contribution in [0.3, 0.4) is 0 Å². The molecule has 3 aromatic rings. The van der Waals surface area contributed by atoms with Gasteiger partial charge < -0.3 is 10.1 Å². The summed E-state index contributed by atoms with van der Waals surface area (Å²) in [6, 6.07) is 19.3. The topological polar surface area (TPSA) is 84.5 Å². The molecule has 0 aliphatic carbocycles. The maximum Gasteiger partial charge on any atom is 0.255 e. The zero-order chi connectivity index (χ0) is 22.3. The van der Waals surface area contributed by atoms with Crippen LogP contribution in [0.4, 0.5) is 10.1 Å². The number of carbonyl (C=O) groups excluding carboxylic acids is 1. The summed E-state index contributed by atoms with van der Waals surface area (Å²) in [6.07, 6.45) is 0.458. The first-order valence-electron chi connectivity index (χ1n) is 9.76. The van der Waals surface area contributed by atoms with Crippen LogP contribution < -0.4 is 14.8 Å². The van der Waals surface area contributed by atoms with Gasteiger partial charge in [0.05, 0.1) is 6.61 Å². The van der Waals surface area contributed by atoms with Crippen molar-refractivity contribution in [3.05, 3.63) is 89.7 Å². The van der Waals surface area contributed by atoms with E-state index in [1.807, 2.05) is 37.3 Å². The Balaban J connectivity index is 1.70. The zero-order valence-corrected chi connectivity index (χ0v) is 17.8. The average molecular weight is 443 g/mol. The molecule has 0 radical (unpaired) electrons. The van der Waals surface area contributed by atoms with Gasteiger partial charge in [0.25, 0.3) is 5.91 Å². The van der Waals surface area contributed by atoms with Gasteiger partial charge in [0.15, 0.2) is 0 Å². The van der Waals surface area contributed by atoms with Crippen molar-refractivity contribution in [2.45, 2.75) is 18.2 Å².